The van der Waals surface area contributed by atoms with Crippen molar-refractivity contribution in [3.63, 3.8) is 0 Å². The summed E-state index contributed by atoms with van der Waals surface area (Å²) in [6.45, 7) is 7.57. The fraction of sp³-hybridized carbons (Fsp3) is 0.500. The van der Waals surface area contributed by atoms with E-state index in [1.165, 1.54) is 0 Å². The van der Waals surface area contributed by atoms with Crippen molar-refractivity contribution in [3.05, 3.63) is 35.4 Å². The van der Waals surface area contributed by atoms with E-state index < -0.39 is 0 Å². The van der Waals surface area contributed by atoms with Gasteiger partial charge in [0, 0.05) is 6.54 Å². The second-order valence-electron chi connectivity index (χ2n) is 4.23. The second kappa shape index (κ2) is 7.07. The molecular weight excluding hydrogens is 214 g/mol. The average molecular weight is 235 g/mol. The molecule has 0 aromatic heterocycles. The predicted molar refractivity (Wildman–Crippen MR) is 69.2 cm³/mol. The Bertz CT molecular complexity index is 363. The van der Waals surface area contributed by atoms with E-state index >= 15 is 0 Å². The molecule has 0 amide bonds. The van der Waals surface area contributed by atoms with Gasteiger partial charge in [-0.3, -0.25) is 0 Å². The van der Waals surface area contributed by atoms with Crippen LogP contribution < -0.4 is 5.32 Å². The van der Waals surface area contributed by atoms with E-state index in [-0.39, 0.29) is 12.1 Å². The summed E-state index contributed by atoms with van der Waals surface area (Å²) < 4.78 is 5.36. The largest absolute Gasteiger partial charge is 0.458 e. The molecule has 0 radical (unpaired) electrons. The Balaban J connectivity index is 2.46. The van der Waals surface area contributed by atoms with Gasteiger partial charge in [0.05, 0.1) is 5.56 Å². The molecule has 94 valence electrons. The van der Waals surface area contributed by atoms with Gasteiger partial charge in [-0.25, -0.2) is 4.79 Å². The highest BCUT2D eigenvalue weighted by Crippen LogP contribution is 2.09. The Labute approximate surface area is 103 Å². The fourth-order valence-electron chi connectivity index (χ4n) is 1.57. The number of nitrogens with one attached hydrogen (secondary N) is 1. The summed E-state index contributed by atoms with van der Waals surface area (Å²) in [5, 5.41) is 3.23. The molecule has 0 spiro atoms. The number of hydrogen-bond acceptors (Lipinski definition) is 3. The molecule has 0 aliphatic heterocycles. The minimum atomic E-state index is -0.242. The van der Waals surface area contributed by atoms with Crippen LogP contribution in [0, 0.1) is 6.92 Å². The van der Waals surface area contributed by atoms with Crippen LogP contribution in [0.4, 0.5) is 0 Å². The normalized spacial score (nSPS) is 12.2. The number of rotatable bonds is 6. The standard InChI is InChI=1S/C14H21NO2/c1-4-9-15-10-12(3)17-14(16)13-8-6-5-7-11(13)2/h5-8,12,15H,4,9-10H2,1-3H3. The first kappa shape index (κ1) is 13.7. The highest BCUT2D eigenvalue weighted by atomic mass is 16.5. The molecule has 3 heteroatoms. The minimum absolute atomic E-state index is 0.103. The van der Waals surface area contributed by atoms with Crippen LogP contribution in [0.2, 0.25) is 0 Å². The predicted octanol–water partition coefficient (Wildman–Crippen LogP) is 2.54. The maximum absolute atomic E-state index is 11.9. The van der Waals surface area contributed by atoms with Crippen molar-refractivity contribution in [1.82, 2.24) is 5.32 Å². The number of ether oxygens (including phenoxy) is 1. The van der Waals surface area contributed by atoms with Gasteiger partial charge in [0.2, 0.25) is 0 Å². The Hall–Kier alpha value is -1.35. The molecule has 1 aromatic carbocycles. The van der Waals surface area contributed by atoms with Crippen molar-refractivity contribution in [3.8, 4) is 0 Å². The summed E-state index contributed by atoms with van der Waals surface area (Å²) >= 11 is 0. The van der Waals surface area contributed by atoms with E-state index in [0.717, 1.165) is 18.5 Å². The monoisotopic (exact) mass is 235 g/mol. The van der Waals surface area contributed by atoms with E-state index in [4.69, 9.17) is 4.74 Å². The number of hydrogen-bond donors (Lipinski definition) is 1. The number of benzene rings is 1. The average Bonchev–Trinajstić information content (AvgIpc) is 2.29. The Morgan fingerprint density at radius 2 is 2.12 bits per heavy atom. The molecule has 0 saturated carbocycles. The Morgan fingerprint density at radius 3 is 2.76 bits per heavy atom. The van der Waals surface area contributed by atoms with Gasteiger partial charge in [0.1, 0.15) is 6.10 Å². The van der Waals surface area contributed by atoms with Crippen LogP contribution in [0.15, 0.2) is 24.3 Å². The third-order valence-corrected chi connectivity index (χ3v) is 2.53. The lowest BCUT2D eigenvalue weighted by Gasteiger charge is -2.14. The van der Waals surface area contributed by atoms with Crippen molar-refractivity contribution >= 4 is 5.97 Å². The smallest absolute Gasteiger partial charge is 0.338 e. The maximum Gasteiger partial charge on any atom is 0.338 e. The van der Waals surface area contributed by atoms with Crippen molar-refractivity contribution in [2.75, 3.05) is 13.1 Å². The summed E-state index contributed by atoms with van der Waals surface area (Å²) in [4.78, 5) is 11.9. The van der Waals surface area contributed by atoms with Crippen LogP contribution in [-0.2, 0) is 4.74 Å². The van der Waals surface area contributed by atoms with E-state index in [9.17, 15) is 4.79 Å². The molecule has 0 fully saturated rings. The van der Waals surface area contributed by atoms with Gasteiger partial charge in [0.25, 0.3) is 0 Å². The fourth-order valence-corrected chi connectivity index (χ4v) is 1.57. The molecular formula is C14H21NO2. The lowest BCUT2D eigenvalue weighted by atomic mass is 10.1. The summed E-state index contributed by atoms with van der Waals surface area (Å²) in [5.41, 5.74) is 1.60. The zero-order valence-corrected chi connectivity index (χ0v) is 10.8. The van der Waals surface area contributed by atoms with Crippen LogP contribution in [0.1, 0.15) is 36.2 Å². The lowest BCUT2D eigenvalue weighted by molar-refractivity contribution is 0.0342. The third-order valence-electron chi connectivity index (χ3n) is 2.53. The van der Waals surface area contributed by atoms with E-state index in [1.54, 1.807) is 6.07 Å². The number of esters is 1. The summed E-state index contributed by atoms with van der Waals surface area (Å²) in [5.74, 6) is -0.242. The van der Waals surface area contributed by atoms with Crippen molar-refractivity contribution in [2.45, 2.75) is 33.3 Å². The zero-order chi connectivity index (χ0) is 12.7. The van der Waals surface area contributed by atoms with Crippen LogP contribution in [-0.4, -0.2) is 25.2 Å². The van der Waals surface area contributed by atoms with Crippen LogP contribution >= 0.6 is 0 Å². The molecule has 1 rings (SSSR count). The molecule has 0 bridgehead atoms. The molecule has 0 aliphatic carbocycles. The zero-order valence-electron chi connectivity index (χ0n) is 10.8. The molecule has 0 heterocycles. The van der Waals surface area contributed by atoms with Crippen molar-refractivity contribution < 1.29 is 9.53 Å². The SMILES string of the molecule is CCCNCC(C)OC(=O)c1ccccc1C. The molecule has 0 aliphatic rings. The minimum Gasteiger partial charge on any atom is -0.458 e. The Kier molecular flexibility index (Phi) is 5.70. The van der Waals surface area contributed by atoms with E-state index in [1.807, 2.05) is 32.0 Å². The van der Waals surface area contributed by atoms with Gasteiger partial charge in [-0.1, -0.05) is 25.1 Å². The van der Waals surface area contributed by atoms with Crippen molar-refractivity contribution in [2.24, 2.45) is 0 Å². The molecule has 1 atom stereocenters. The van der Waals surface area contributed by atoms with Gasteiger partial charge in [-0.05, 0) is 38.4 Å². The second-order valence-corrected chi connectivity index (χ2v) is 4.23. The number of carbonyl (C=O) groups excluding carboxylic acids is 1. The summed E-state index contributed by atoms with van der Waals surface area (Å²) in [6.07, 6.45) is 0.979. The van der Waals surface area contributed by atoms with Gasteiger partial charge >= 0.3 is 5.97 Å². The van der Waals surface area contributed by atoms with E-state index in [0.29, 0.717) is 12.1 Å². The van der Waals surface area contributed by atoms with Crippen LogP contribution in [0.25, 0.3) is 0 Å². The molecule has 1 N–H and O–H groups in total. The molecule has 1 aromatic rings. The van der Waals surface area contributed by atoms with Gasteiger partial charge < -0.3 is 10.1 Å². The first-order valence-corrected chi connectivity index (χ1v) is 6.12. The Morgan fingerprint density at radius 1 is 1.41 bits per heavy atom. The van der Waals surface area contributed by atoms with Crippen molar-refractivity contribution in [1.29, 1.82) is 0 Å². The third kappa shape index (κ3) is 4.57. The number of aryl methyl sites for hydroxylation is 1. The van der Waals surface area contributed by atoms with Gasteiger partial charge in [0.15, 0.2) is 0 Å². The first-order valence-electron chi connectivity index (χ1n) is 6.12. The summed E-state index contributed by atoms with van der Waals surface area (Å²) in [7, 11) is 0. The quantitative estimate of drug-likeness (QED) is 0.608. The maximum atomic E-state index is 11.9. The molecule has 17 heavy (non-hydrogen) atoms. The first-order chi connectivity index (χ1) is 8.15. The van der Waals surface area contributed by atoms with Crippen LogP contribution in [0.5, 0.6) is 0 Å². The highest BCUT2D eigenvalue weighted by Gasteiger charge is 2.13. The highest BCUT2D eigenvalue weighted by molar-refractivity contribution is 5.91. The number of carbonyl (C=O) groups is 1. The van der Waals surface area contributed by atoms with Gasteiger partial charge in [-0.2, -0.15) is 0 Å². The lowest BCUT2D eigenvalue weighted by Crippen LogP contribution is -2.29. The molecule has 0 saturated heterocycles. The van der Waals surface area contributed by atoms with Crippen LogP contribution in [0.3, 0.4) is 0 Å². The van der Waals surface area contributed by atoms with E-state index in [2.05, 4.69) is 12.2 Å². The summed E-state index contributed by atoms with van der Waals surface area (Å²) in [6, 6.07) is 7.47. The molecule has 3 nitrogen and oxygen atoms in total. The molecule has 1 unspecified atom stereocenters. The topological polar surface area (TPSA) is 38.3 Å². The van der Waals surface area contributed by atoms with Gasteiger partial charge in [-0.15, -0.1) is 0 Å².